The zero-order valence-electron chi connectivity index (χ0n) is 12.5. The maximum Gasteiger partial charge on any atom is 0.275 e. The largest absolute Gasteiger partial charge is 0.359 e. The fraction of sp³-hybridized carbons (Fsp3) is 0.643. The lowest BCUT2D eigenvalue weighted by atomic mass is 10.1. The first kappa shape index (κ1) is 14.5. The minimum Gasteiger partial charge on any atom is -0.359 e. The van der Waals surface area contributed by atoms with E-state index in [0.29, 0.717) is 16.9 Å². The number of rotatable bonds is 5. The van der Waals surface area contributed by atoms with Gasteiger partial charge in [-0.25, -0.2) is 4.98 Å². The zero-order valence-corrected chi connectivity index (χ0v) is 13.3. The molecule has 2 aromatic heterocycles. The lowest BCUT2D eigenvalue weighted by molar-refractivity contribution is 0.234. The highest BCUT2D eigenvalue weighted by Gasteiger charge is 2.24. The van der Waals surface area contributed by atoms with Gasteiger partial charge >= 0.3 is 0 Å². The van der Waals surface area contributed by atoms with Crippen molar-refractivity contribution in [3.05, 3.63) is 22.6 Å². The van der Waals surface area contributed by atoms with Crippen LogP contribution >= 0.6 is 11.3 Å². The topological polar surface area (TPSA) is 62.5 Å². The smallest absolute Gasteiger partial charge is 0.275 e. The van der Waals surface area contributed by atoms with E-state index in [0.717, 1.165) is 18.2 Å². The number of anilines is 1. The summed E-state index contributed by atoms with van der Waals surface area (Å²) in [6, 6.07) is 1.99. The van der Waals surface area contributed by atoms with Crippen LogP contribution in [0.5, 0.6) is 0 Å². The Morgan fingerprint density at radius 1 is 1.52 bits per heavy atom. The van der Waals surface area contributed by atoms with Crippen molar-refractivity contribution >= 4 is 21.4 Å². The van der Waals surface area contributed by atoms with Crippen molar-refractivity contribution in [2.75, 3.05) is 25.0 Å². The van der Waals surface area contributed by atoms with Crippen molar-refractivity contribution in [1.29, 1.82) is 0 Å². The molecule has 2 aromatic rings. The molecule has 1 saturated heterocycles. The van der Waals surface area contributed by atoms with Gasteiger partial charge in [0.2, 0.25) is 10.1 Å². The number of nitrogens with zero attached hydrogens (tertiary/aromatic N) is 4. The van der Waals surface area contributed by atoms with Crippen LogP contribution in [0.4, 0.5) is 5.13 Å². The van der Waals surface area contributed by atoms with Crippen molar-refractivity contribution in [2.24, 2.45) is 5.92 Å². The Balaban J connectivity index is 1.66. The quantitative estimate of drug-likeness (QED) is 0.910. The highest BCUT2D eigenvalue weighted by molar-refractivity contribution is 7.20. The third kappa shape index (κ3) is 3.24. The van der Waals surface area contributed by atoms with Crippen LogP contribution in [0.2, 0.25) is 0 Å². The summed E-state index contributed by atoms with van der Waals surface area (Å²) in [5.41, 5.74) is -0.133. The molecule has 114 valence electrons. The molecule has 0 aliphatic carbocycles. The van der Waals surface area contributed by atoms with Gasteiger partial charge in [-0.15, -0.1) is 5.10 Å². The molecule has 3 heterocycles. The molecule has 3 rings (SSSR count). The van der Waals surface area contributed by atoms with Crippen LogP contribution in [-0.4, -0.2) is 45.2 Å². The minimum atomic E-state index is -0.133. The van der Waals surface area contributed by atoms with Crippen molar-refractivity contribution in [3.8, 4) is 0 Å². The Morgan fingerprint density at radius 2 is 2.38 bits per heavy atom. The predicted octanol–water partition coefficient (Wildman–Crippen LogP) is 1.68. The van der Waals surface area contributed by atoms with Gasteiger partial charge in [-0.2, -0.15) is 4.52 Å². The fourth-order valence-electron chi connectivity index (χ4n) is 2.86. The number of hydrogen-bond acceptors (Lipinski definition) is 6. The maximum atomic E-state index is 11.7. The van der Waals surface area contributed by atoms with Gasteiger partial charge in [0.1, 0.15) is 0 Å². The van der Waals surface area contributed by atoms with Gasteiger partial charge in [0.25, 0.3) is 5.56 Å². The standard InChI is InChI=1S/C14H21N5OS/c1-10(2)9-18-7-3-4-11(18)8-16-13-17-19-12(20)5-6-15-14(19)21-13/h5-6,10-11H,3-4,7-9H2,1-2H3,(H,16,17)/t11-/m1/s1. The summed E-state index contributed by atoms with van der Waals surface area (Å²) in [6.45, 7) is 7.72. The Kier molecular flexibility index (Phi) is 4.21. The highest BCUT2D eigenvalue weighted by Crippen LogP contribution is 2.21. The van der Waals surface area contributed by atoms with Crippen molar-refractivity contribution in [3.63, 3.8) is 0 Å². The Morgan fingerprint density at radius 3 is 3.14 bits per heavy atom. The summed E-state index contributed by atoms with van der Waals surface area (Å²) in [6.07, 6.45) is 4.02. The molecule has 0 amide bonds. The molecule has 21 heavy (non-hydrogen) atoms. The third-order valence-electron chi connectivity index (χ3n) is 3.76. The van der Waals surface area contributed by atoms with E-state index in [1.807, 2.05) is 0 Å². The van der Waals surface area contributed by atoms with Crippen LogP contribution < -0.4 is 10.9 Å². The van der Waals surface area contributed by atoms with E-state index in [1.165, 1.54) is 47.5 Å². The molecule has 1 fully saturated rings. The number of fused-ring (bicyclic) bond motifs is 1. The molecule has 0 radical (unpaired) electrons. The van der Waals surface area contributed by atoms with Crippen molar-refractivity contribution < 1.29 is 0 Å². The second kappa shape index (κ2) is 6.11. The molecule has 1 aliphatic heterocycles. The van der Waals surface area contributed by atoms with Crippen LogP contribution in [0, 0.1) is 5.92 Å². The minimum absolute atomic E-state index is 0.133. The Bertz CT molecular complexity index is 665. The zero-order chi connectivity index (χ0) is 14.8. The van der Waals surface area contributed by atoms with Gasteiger partial charge in [0.15, 0.2) is 0 Å². The van der Waals surface area contributed by atoms with E-state index in [2.05, 4.69) is 34.1 Å². The summed E-state index contributed by atoms with van der Waals surface area (Å²) in [5.74, 6) is 0.691. The number of likely N-dealkylation sites (tertiary alicyclic amines) is 1. The average molecular weight is 307 g/mol. The molecule has 0 spiro atoms. The molecule has 1 N–H and O–H groups in total. The summed E-state index contributed by atoms with van der Waals surface area (Å²) < 4.78 is 1.35. The van der Waals surface area contributed by atoms with Crippen LogP contribution in [0.3, 0.4) is 0 Å². The molecular weight excluding hydrogens is 286 g/mol. The Labute approximate surface area is 127 Å². The maximum absolute atomic E-state index is 11.7. The van der Waals surface area contributed by atoms with Crippen LogP contribution in [-0.2, 0) is 0 Å². The van der Waals surface area contributed by atoms with Gasteiger partial charge in [-0.3, -0.25) is 9.69 Å². The normalized spacial score (nSPS) is 19.7. The molecule has 0 bridgehead atoms. The number of aromatic nitrogens is 3. The van der Waals surface area contributed by atoms with Crippen molar-refractivity contribution in [1.82, 2.24) is 19.5 Å². The molecule has 0 aromatic carbocycles. The molecule has 1 atom stereocenters. The molecule has 0 saturated carbocycles. The van der Waals surface area contributed by atoms with E-state index < -0.39 is 0 Å². The second-order valence-corrected chi connectivity index (χ2v) is 6.91. The average Bonchev–Trinajstić information content (AvgIpc) is 3.03. The number of hydrogen-bond donors (Lipinski definition) is 1. The van der Waals surface area contributed by atoms with Gasteiger partial charge < -0.3 is 5.32 Å². The molecule has 1 aliphatic rings. The summed E-state index contributed by atoms with van der Waals surface area (Å²) in [5, 5.41) is 8.43. The lowest BCUT2D eigenvalue weighted by Gasteiger charge is -2.26. The summed E-state index contributed by atoms with van der Waals surface area (Å²) in [4.78, 5) is 19.0. The summed E-state index contributed by atoms with van der Waals surface area (Å²) >= 11 is 1.42. The second-order valence-electron chi connectivity index (χ2n) is 5.95. The first-order valence-electron chi connectivity index (χ1n) is 7.46. The Hall–Kier alpha value is -1.47. The molecular formula is C14H21N5OS. The first-order valence-corrected chi connectivity index (χ1v) is 8.28. The van der Waals surface area contributed by atoms with E-state index in [1.54, 1.807) is 0 Å². The van der Waals surface area contributed by atoms with Crippen LogP contribution in [0.15, 0.2) is 17.1 Å². The van der Waals surface area contributed by atoms with Crippen LogP contribution in [0.1, 0.15) is 26.7 Å². The van der Waals surface area contributed by atoms with E-state index >= 15 is 0 Å². The van der Waals surface area contributed by atoms with Gasteiger partial charge in [-0.1, -0.05) is 25.2 Å². The van der Waals surface area contributed by atoms with Gasteiger partial charge in [0, 0.05) is 31.4 Å². The van der Waals surface area contributed by atoms with E-state index in [4.69, 9.17) is 0 Å². The summed E-state index contributed by atoms with van der Waals surface area (Å²) in [7, 11) is 0. The predicted molar refractivity (Wildman–Crippen MR) is 85.1 cm³/mol. The fourth-order valence-corrected chi connectivity index (χ4v) is 3.64. The van der Waals surface area contributed by atoms with Gasteiger partial charge in [-0.05, 0) is 25.3 Å². The van der Waals surface area contributed by atoms with E-state index in [9.17, 15) is 4.79 Å². The third-order valence-corrected chi connectivity index (χ3v) is 4.64. The van der Waals surface area contributed by atoms with Crippen LogP contribution in [0.25, 0.3) is 4.96 Å². The molecule has 7 heteroatoms. The number of nitrogens with one attached hydrogen (secondary N) is 1. The van der Waals surface area contributed by atoms with Gasteiger partial charge in [0.05, 0.1) is 0 Å². The SMILES string of the molecule is CC(C)CN1CCC[C@@H]1CNc1nn2c(=O)ccnc2s1. The van der Waals surface area contributed by atoms with E-state index in [-0.39, 0.29) is 5.56 Å². The van der Waals surface area contributed by atoms with Crippen molar-refractivity contribution in [2.45, 2.75) is 32.7 Å². The monoisotopic (exact) mass is 307 g/mol. The first-order chi connectivity index (χ1) is 10.1. The molecule has 0 unspecified atom stereocenters. The highest BCUT2D eigenvalue weighted by atomic mass is 32.1. The molecule has 6 nitrogen and oxygen atoms in total. The lowest BCUT2D eigenvalue weighted by Crippen LogP contribution is -2.37.